The summed E-state index contributed by atoms with van der Waals surface area (Å²) in [4.78, 5) is 11.2. The number of allylic oxidation sites excluding steroid dienone is 2. The van der Waals surface area contributed by atoms with Crippen molar-refractivity contribution in [1.29, 1.82) is 0 Å². The first-order valence-corrected chi connectivity index (χ1v) is 7.11. The first kappa shape index (κ1) is 13.6. The molecule has 0 spiro atoms. The average Bonchev–Trinajstić information content (AvgIpc) is 2.48. The summed E-state index contributed by atoms with van der Waals surface area (Å²) in [5.74, 6) is 0.999. The lowest BCUT2D eigenvalue weighted by Gasteiger charge is -2.29. The summed E-state index contributed by atoms with van der Waals surface area (Å²) in [6.07, 6.45) is 8.22. The lowest BCUT2D eigenvalue weighted by atomic mass is 10.0. The number of hydrogen-bond acceptors (Lipinski definition) is 3. The van der Waals surface area contributed by atoms with Gasteiger partial charge >= 0.3 is 0 Å². The van der Waals surface area contributed by atoms with Crippen LogP contribution in [0, 0.1) is 6.92 Å². The van der Waals surface area contributed by atoms with Crippen molar-refractivity contribution < 1.29 is 0 Å². The highest BCUT2D eigenvalue weighted by molar-refractivity contribution is 6.05. The molecule has 0 atom stereocenters. The van der Waals surface area contributed by atoms with Crippen LogP contribution >= 0.6 is 0 Å². The van der Waals surface area contributed by atoms with E-state index in [0.717, 1.165) is 29.2 Å². The van der Waals surface area contributed by atoms with Gasteiger partial charge in [-0.05, 0) is 31.6 Å². The van der Waals surface area contributed by atoms with E-state index in [9.17, 15) is 0 Å². The fraction of sp³-hybridized carbons (Fsp3) is 0.222. The van der Waals surface area contributed by atoms with Crippen LogP contribution in [0.3, 0.4) is 0 Å². The quantitative estimate of drug-likeness (QED) is 0.759. The molecule has 0 fully saturated rings. The number of fused-ring (bicyclic) bond motifs is 1. The second-order valence-corrected chi connectivity index (χ2v) is 5.43. The minimum Gasteiger partial charge on any atom is -0.328 e. The van der Waals surface area contributed by atoms with Crippen molar-refractivity contribution in [2.75, 3.05) is 13.6 Å². The third kappa shape index (κ3) is 2.72. The summed E-state index contributed by atoms with van der Waals surface area (Å²) in [6, 6.07) is 8.50. The first-order chi connectivity index (χ1) is 10.2. The van der Waals surface area contributed by atoms with Crippen LogP contribution in [0.4, 0.5) is 0 Å². The predicted octanol–water partition coefficient (Wildman–Crippen LogP) is 3.59. The van der Waals surface area contributed by atoms with Gasteiger partial charge in [-0.3, -0.25) is 4.99 Å². The van der Waals surface area contributed by atoms with Gasteiger partial charge in [-0.1, -0.05) is 29.8 Å². The monoisotopic (exact) mass is 277 g/mol. The van der Waals surface area contributed by atoms with E-state index in [1.165, 1.54) is 11.1 Å². The normalized spacial score (nSPS) is 18.0. The lowest BCUT2D eigenvalue weighted by molar-refractivity contribution is 0.606. The summed E-state index contributed by atoms with van der Waals surface area (Å²) in [6.45, 7) is 4.99. The molecule has 0 radical (unpaired) electrons. The Morgan fingerprint density at radius 3 is 2.67 bits per heavy atom. The maximum atomic E-state index is 4.86. The van der Waals surface area contributed by atoms with Crippen LogP contribution < -0.4 is 0 Å². The van der Waals surface area contributed by atoms with Gasteiger partial charge in [0, 0.05) is 30.6 Å². The Kier molecular flexibility index (Phi) is 3.57. The summed E-state index contributed by atoms with van der Waals surface area (Å²) in [7, 11) is 1.80. The van der Waals surface area contributed by atoms with Gasteiger partial charge in [-0.15, -0.1) is 0 Å². The van der Waals surface area contributed by atoms with Gasteiger partial charge < -0.3 is 4.90 Å². The number of aliphatic imine (C=N–C) groups is 2. The molecule has 1 aromatic rings. The maximum absolute atomic E-state index is 4.86. The van der Waals surface area contributed by atoms with Crippen LogP contribution in [0.15, 0.2) is 63.7 Å². The van der Waals surface area contributed by atoms with Crippen molar-refractivity contribution in [3.63, 3.8) is 0 Å². The second kappa shape index (κ2) is 5.52. The minimum atomic E-state index is 0.805. The van der Waals surface area contributed by atoms with E-state index in [1.807, 2.05) is 6.21 Å². The number of hydrogen-bond donors (Lipinski definition) is 0. The van der Waals surface area contributed by atoms with E-state index < -0.39 is 0 Å². The highest BCUT2D eigenvalue weighted by Gasteiger charge is 2.20. The molecule has 0 aliphatic carbocycles. The molecule has 0 saturated carbocycles. The molecule has 106 valence electrons. The van der Waals surface area contributed by atoms with Crippen molar-refractivity contribution in [1.82, 2.24) is 4.90 Å². The molecule has 3 rings (SSSR count). The number of rotatable bonds is 2. The third-order valence-corrected chi connectivity index (χ3v) is 3.65. The molecular formula is C18H19N3. The molecule has 3 nitrogen and oxygen atoms in total. The van der Waals surface area contributed by atoms with Crippen molar-refractivity contribution in [3.8, 4) is 0 Å². The first-order valence-electron chi connectivity index (χ1n) is 7.11. The minimum absolute atomic E-state index is 0.805. The van der Waals surface area contributed by atoms with E-state index >= 15 is 0 Å². The maximum Gasteiger partial charge on any atom is 0.133 e. The van der Waals surface area contributed by atoms with E-state index in [4.69, 9.17) is 4.99 Å². The van der Waals surface area contributed by atoms with E-state index in [1.54, 1.807) is 7.05 Å². The van der Waals surface area contributed by atoms with Crippen LogP contribution in [-0.2, 0) is 0 Å². The van der Waals surface area contributed by atoms with Gasteiger partial charge in [0.25, 0.3) is 0 Å². The summed E-state index contributed by atoms with van der Waals surface area (Å²) < 4.78 is 0. The Balaban J connectivity index is 2.09. The zero-order valence-electron chi connectivity index (χ0n) is 12.7. The Morgan fingerprint density at radius 2 is 1.95 bits per heavy atom. The number of aryl methyl sites for hydroxylation is 1. The van der Waals surface area contributed by atoms with Gasteiger partial charge in [0.05, 0.1) is 12.2 Å². The van der Waals surface area contributed by atoms with Crippen molar-refractivity contribution in [3.05, 3.63) is 64.9 Å². The topological polar surface area (TPSA) is 28.0 Å². The van der Waals surface area contributed by atoms with E-state index in [-0.39, 0.29) is 0 Å². The summed E-state index contributed by atoms with van der Waals surface area (Å²) in [5, 5.41) is 0. The average molecular weight is 277 g/mol. The Bertz CT molecular complexity index is 700. The summed E-state index contributed by atoms with van der Waals surface area (Å²) in [5.41, 5.74) is 5.78. The van der Waals surface area contributed by atoms with Crippen LogP contribution in [0.25, 0.3) is 5.70 Å². The molecule has 0 unspecified atom stereocenters. The fourth-order valence-electron chi connectivity index (χ4n) is 2.51. The summed E-state index contributed by atoms with van der Waals surface area (Å²) >= 11 is 0. The van der Waals surface area contributed by atoms with E-state index in [0.29, 0.717) is 0 Å². The molecule has 0 aromatic heterocycles. The molecule has 0 amide bonds. The van der Waals surface area contributed by atoms with Gasteiger partial charge in [-0.25, -0.2) is 4.99 Å². The molecule has 0 saturated heterocycles. The van der Waals surface area contributed by atoms with Gasteiger partial charge in [-0.2, -0.15) is 0 Å². The molecule has 21 heavy (non-hydrogen) atoms. The molecule has 2 heterocycles. The zero-order valence-corrected chi connectivity index (χ0v) is 12.7. The number of benzene rings is 1. The van der Waals surface area contributed by atoms with Crippen LogP contribution in [0.1, 0.15) is 18.1 Å². The Labute approximate surface area is 125 Å². The van der Waals surface area contributed by atoms with Crippen LogP contribution in [-0.4, -0.2) is 30.5 Å². The zero-order chi connectivity index (χ0) is 14.8. The van der Waals surface area contributed by atoms with Crippen molar-refractivity contribution in [2.24, 2.45) is 9.98 Å². The molecule has 0 N–H and O–H groups in total. The van der Waals surface area contributed by atoms with Gasteiger partial charge in [0.2, 0.25) is 0 Å². The van der Waals surface area contributed by atoms with Crippen molar-refractivity contribution >= 4 is 17.7 Å². The lowest BCUT2D eigenvalue weighted by Crippen LogP contribution is -2.32. The van der Waals surface area contributed by atoms with Gasteiger partial charge in [0.15, 0.2) is 0 Å². The molecule has 2 aliphatic rings. The Morgan fingerprint density at radius 1 is 1.19 bits per heavy atom. The highest BCUT2D eigenvalue weighted by Crippen LogP contribution is 2.27. The smallest absolute Gasteiger partial charge is 0.133 e. The molecule has 2 aliphatic heterocycles. The fourth-order valence-corrected chi connectivity index (χ4v) is 2.51. The standard InChI is InChI=1S/C18H19N3/c1-13-4-6-15(7-5-13)18-16(11-19-3)12-21-9-8-14(2)10-17(21)20-18/h4-11H,12H2,1-3H3/b19-11+. The predicted molar refractivity (Wildman–Crippen MR) is 89.6 cm³/mol. The van der Waals surface area contributed by atoms with E-state index in [2.05, 4.69) is 66.4 Å². The number of nitrogens with zero attached hydrogens (tertiary/aromatic N) is 3. The van der Waals surface area contributed by atoms with Crippen molar-refractivity contribution in [2.45, 2.75) is 13.8 Å². The molecular weight excluding hydrogens is 258 g/mol. The SMILES string of the molecule is C/N=C/C1=C(c2ccc(C)cc2)N=C2C=C(C)C=CN2C1. The molecule has 0 bridgehead atoms. The van der Waals surface area contributed by atoms with Crippen LogP contribution in [0.2, 0.25) is 0 Å². The second-order valence-electron chi connectivity index (χ2n) is 5.43. The van der Waals surface area contributed by atoms with Gasteiger partial charge in [0.1, 0.15) is 5.84 Å². The number of amidine groups is 1. The highest BCUT2D eigenvalue weighted by atomic mass is 15.2. The Hall–Kier alpha value is -2.42. The molecule has 1 aromatic carbocycles. The third-order valence-electron chi connectivity index (χ3n) is 3.65. The molecule has 3 heteroatoms. The van der Waals surface area contributed by atoms with Crippen LogP contribution in [0.5, 0.6) is 0 Å². The largest absolute Gasteiger partial charge is 0.328 e.